The van der Waals surface area contributed by atoms with Crippen LogP contribution in [0.25, 0.3) is 0 Å². The van der Waals surface area contributed by atoms with Gasteiger partial charge >= 0.3 is 6.18 Å². The molecule has 1 N–H and O–H groups in total. The Kier molecular flexibility index (Phi) is 5.13. The van der Waals surface area contributed by atoms with Gasteiger partial charge in [0, 0.05) is 24.2 Å². The second-order valence-electron chi connectivity index (χ2n) is 5.25. The molecule has 0 unspecified atom stereocenters. The first-order chi connectivity index (χ1) is 11.7. The highest BCUT2D eigenvalue weighted by molar-refractivity contribution is 7.91. The second kappa shape index (κ2) is 6.88. The molecule has 0 bridgehead atoms. The van der Waals surface area contributed by atoms with Crippen molar-refractivity contribution >= 4 is 33.0 Å². The summed E-state index contributed by atoms with van der Waals surface area (Å²) in [4.78, 5) is 0. The van der Waals surface area contributed by atoms with E-state index in [1.807, 2.05) is 0 Å². The van der Waals surface area contributed by atoms with E-state index in [0.29, 0.717) is 23.1 Å². The summed E-state index contributed by atoms with van der Waals surface area (Å²) in [7, 11) is -3.76. The average molecular weight is 416 g/mol. The fourth-order valence-corrected chi connectivity index (χ4v) is 5.07. The van der Waals surface area contributed by atoms with Gasteiger partial charge in [0.2, 0.25) is 10.0 Å². The van der Waals surface area contributed by atoms with Crippen molar-refractivity contribution in [2.24, 2.45) is 0 Å². The van der Waals surface area contributed by atoms with Gasteiger partial charge in [0.15, 0.2) is 5.69 Å². The van der Waals surface area contributed by atoms with Gasteiger partial charge < -0.3 is 4.74 Å². The van der Waals surface area contributed by atoms with Crippen LogP contribution in [-0.2, 0) is 40.5 Å². The number of rotatable bonds is 5. The van der Waals surface area contributed by atoms with Gasteiger partial charge in [-0.15, -0.1) is 11.3 Å². The third-order valence-corrected chi connectivity index (χ3v) is 6.78. The maximum atomic E-state index is 13.1. The van der Waals surface area contributed by atoms with E-state index >= 15 is 0 Å². The molecule has 1 aliphatic rings. The van der Waals surface area contributed by atoms with Crippen molar-refractivity contribution in [1.82, 2.24) is 14.5 Å². The van der Waals surface area contributed by atoms with E-state index < -0.39 is 21.9 Å². The van der Waals surface area contributed by atoms with Crippen LogP contribution in [0.3, 0.4) is 0 Å². The molecule has 0 amide bonds. The predicted octanol–water partition coefficient (Wildman–Crippen LogP) is 2.67. The number of alkyl halides is 3. The highest BCUT2D eigenvalue weighted by atomic mass is 35.5. The normalized spacial score (nSPS) is 15.4. The monoisotopic (exact) mass is 415 g/mol. The summed E-state index contributed by atoms with van der Waals surface area (Å²) >= 11 is 6.61. The van der Waals surface area contributed by atoms with Crippen molar-refractivity contribution in [1.29, 1.82) is 0 Å². The third kappa shape index (κ3) is 4.00. The maximum absolute atomic E-state index is 13.1. The Morgan fingerprint density at radius 1 is 1.40 bits per heavy atom. The zero-order valence-electron chi connectivity index (χ0n) is 12.6. The summed E-state index contributed by atoms with van der Waals surface area (Å²) in [6, 6.07) is 2.82. The number of sulfonamides is 1. The van der Waals surface area contributed by atoms with Gasteiger partial charge in [-0.05, 0) is 12.1 Å². The van der Waals surface area contributed by atoms with Gasteiger partial charge in [0.05, 0.1) is 24.1 Å². The van der Waals surface area contributed by atoms with Gasteiger partial charge in [-0.1, -0.05) is 11.6 Å². The first-order valence-electron chi connectivity index (χ1n) is 7.17. The minimum Gasteiger partial charge on any atom is -0.376 e. The minimum atomic E-state index is -4.58. The van der Waals surface area contributed by atoms with Gasteiger partial charge in [-0.25, -0.2) is 13.1 Å². The number of nitrogens with zero attached hydrogens (tertiary/aromatic N) is 2. The van der Waals surface area contributed by atoms with Crippen LogP contribution in [0.4, 0.5) is 13.2 Å². The molecule has 25 heavy (non-hydrogen) atoms. The minimum absolute atomic E-state index is 0.0171. The maximum Gasteiger partial charge on any atom is 0.435 e. The highest BCUT2D eigenvalue weighted by Crippen LogP contribution is 2.34. The molecular formula is C13H13ClF3N3O3S2. The lowest BCUT2D eigenvalue weighted by molar-refractivity contribution is -0.142. The second-order valence-corrected chi connectivity index (χ2v) is 8.96. The lowest BCUT2D eigenvalue weighted by Crippen LogP contribution is -2.28. The van der Waals surface area contributed by atoms with Crippen LogP contribution in [0.2, 0.25) is 4.34 Å². The predicted molar refractivity (Wildman–Crippen MR) is 85.1 cm³/mol. The van der Waals surface area contributed by atoms with Gasteiger partial charge in [0.25, 0.3) is 0 Å². The lowest BCUT2D eigenvalue weighted by Gasteiger charge is -2.15. The smallest absolute Gasteiger partial charge is 0.376 e. The summed E-state index contributed by atoms with van der Waals surface area (Å²) in [6.07, 6.45) is -4.28. The summed E-state index contributed by atoms with van der Waals surface area (Å²) in [5.74, 6) is 0. The number of hydrogen-bond donors (Lipinski definition) is 1. The largest absolute Gasteiger partial charge is 0.435 e. The van der Waals surface area contributed by atoms with Gasteiger partial charge in [-0.2, -0.15) is 18.3 Å². The zero-order valence-corrected chi connectivity index (χ0v) is 15.0. The molecule has 1 aliphatic heterocycles. The number of aromatic nitrogens is 2. The fraction of sp³-hybridized carbons (Fsp3) is 0.462. The number of nitrogens with one attached hydrogen (secondary N) is 1. The highest BCUT2D eigenvalue weighted by Gasteiger charge is 2.39. The van der Waals surface area contributed by atoms with Crippen LogP contribution >= 0.6 is 22.9 Å². The molecule has 3 rings (SSSR count). The molecule has 2 aromatic rings. The van der Waals surface area contributed by atoms with Crippen molar-refractivity contribution < 1.29 is 26.3 Å². The van der Waals surface area contributed by atoms with E-state index in [-0.39, 0.29) is 29.5 Å². The Morgan fingerprint density at radius 3 is 2.80 bits per heavy atom. The summed E-state index contributed by atoms with van der Waals surface area (Å²) in [5.41, 5.74) is -0.529. The van der Waals surface area contributed by atoms with E-state index in [9.17, 15) is 21.6 Å². The van der Waals surface area contributed by atoms with Crippen LogP contribution in [0, 0.1) is 0 Å². The van der Waals surface area contributed by atoms with E-state index in [2.05, 4.69) is 9.82 Å². The summed E-state index contributed by atoms with van der Waals surface area (Å²) < 4.78 is 72.4. The number of ether oxygens (including phenoxy) is 1. The van der Waals surface area contributed by atoms with Crippen LogP contribution in [-0.4, -0.2) is 31.3 Å². The molecule has 138 valence electrons. The topological polar surface area (TPSA) is 73.2 Å². The zero-order chi connectivity index (χ0) is 18.2. The van der Waals surface area contributed by atoms with Gasteiger partial charge in [-0.3, -0.25) is 4.68 Å². The number of fused-ring (bicyclic) bond motifs is 1. The van der Waals surface area contributed by atoms with E-state index in [1.165, 1.54) is 16.8 Å². The van der Waals surface area contributed by atoms with Crippen molar-refractivity contribution in [3.05, 3.63) is 33.4 Å². The quantitative estimate of drug-likeness (QED) is 0.814. The first kappa shape index (κ1) is 18.6. The lowest BCUT2D eigenvalue weighted by atomic mass is 10.1. The Labute approximate surface area is 150 Å². The number of hydrogen-bond acceptors (Lipinski definition) is 5. The molecule has 0 aliphatic carbocycles. The molecule has 0 spiro atoms. The van der Waals surface area contributed by atoms with Crippen molar-refractivity contribution in [2.45, 2.75) is 30.0 Å². The number of halogens is 4. The standard InChI is InChI=1S/C13H13ClF3N3O3S2/c14-10-1-2-11(24-10)25(21,22)18-4-5-20-9-3-6-23-7-8(9)12(19-20)13(15,16)17/h1-2,18H,3-7H2. The average Bonchev–Trinajstić information content (AvgIpc) is 3.12. The van der Waals surface area contributed by atoms with Crippen molar-refractivity contribution in [3.63, 3.8) is 0 Å². The molecule has 6 nitrogen and oxygen atoms in total. The molecule has 3 heterocycles. The van der Waals surface area contributed by atoms with Crippen molar-refractivity contribution in [3.8, 4) is 0 Å². The summed E-state index contributed by atoms with van der Waals surface area (Å²) in [5, 5.41) is 3.62. The van der Waals surface area contributed by atoms with E-state index in [4.69, 9.17) is 16.3 Å². The molecule has 0 fully saturated rings. The number of thiophene rings is 1. The Balaban J connectivity index is 1.74. The molecule has 2 aromatic heterocycles. The van der Waals surface area contributed by atoms with Crippen molar-refractivity contribution in [2.75, 3.05) is 13.2 Å². The molecule has 0 radical (unpaired) electrons. The van der Waals surface area contributed by atoms with Gasteiger partial charge in [0.1, 0.15) is 4.21 Å². The SMILES string of the molecule is O=S(=O)(NCCn1nc(C(F)(F)F)c2c1CCOC2)c1ccc(Cl)s1. The first-order valence-corrected chi connectivity index (χ1v) is 9.85. The molecular weight excluding hydrogens is 403 g/mol. The molecule has 0 atom stereocenters. The Bertz CT molecular complexity index is 877. The molecule has 0 aromatic carbocycles. The third-order valence-electron chi connectivity index (χ3n) is 3.59. The van der Waals surface area contributed by atoms with E-state index in [1.54, 1.807) is 0 Å². The molecule has 12 heteroatoms. The fourth-order valence-electron chi connectivity index (χ4n) is 2.52. The Morgan fingerprint density at radius 2 is 2.16 bits per heavy atom. The van der Waals surface area contributed by atoms with Crippen LogP contribution in [0.15, 0.2) is 16.3 Å². The van der Waals surface area contributed by atoms with Crippen LogP contribution in [0.1, 0.15) is 17.0 Å². The van der Waals surface area contributed by atoms with Crippen LogP contribution in [0.5, 0.6) is 0 Å². The molecule has 0 saturated heterocycles. The Hall–Kier alpha value is -1.14. The van der Waals surface area contributed by atoms with Crippen LogP contribution < -0.4 is 4.72 Å². The summed E-state index contributed by atoms with van der Waals surface area (Å²) in [6.45, 7) is 0.0416. The molecule has 0 saturated carbocycles. The van der Waals surface area contributed by atoms with E-state index in [0.717, 1.165) is 11.3 Å².